The molecular weight excluding hydrogens is 578 g/mol. The van der Waals surface area contributed by atoms with Gasteiger partial charge >= 0.3 is 0 Å². The van der Waals surface area contributed by atoms with Crippen LogP contribution in [0.1, 0.15) is 55.2 Å². The van der Waals surface area contributed by atoms with Gasteiger partial charge in [0, 0.05) is 44.2 Å². The molecule has 2 aromatic carbocycles. The van der Waals surface area contributed by atoms with Gasteiger partial charge in [-0.05, 0) is 60.9 Å². The van der Waals surface area contributed by atoms with Gasteiger partial charge in [0.1, 0.15) is 6.23 Å². The van der Waals surface area contributed by atoms with Crippen LogP contribution in [-0.2, 0) is 38.5 Å². The van der Waals surface area contributed by atoms with Crippen LogP contribution in [-0.4, -0.2) is 79.5 Å². The molecule has 42 heavy (non-hydrogen) atoms. The molecule has 1 amide bonds. The topological polar surface area (TPSA) is 145 Å². The van der Waals surface area contributed by atoms with Crippen LogP contribution in [0.15, 0.2) is 48.5 Å². The Kier molecular flexibility index (Phi) is 11.9. The number of amides is 1. The average molecular weight is 620 g/mol. The third-order valence-corrected chi connectivity index (χ3v) is 9.64. The van der Waals surface area contributed by atoms with E-state index in [0.29, 0.717) is 56.2 Å². The largest absolute Gasteiger partial charge is 0.377 e. The lowest BCUT2D eigenvalue weighted by Gasteiger charge is -2.34. The van der Waals surface area contributed by atoms with Crippen molar-refractivity contribution in [1.29, 1.82) is 0 Å². The van der Waals surface area contributed by atoms with E-state index in [9.17, 15) is 23.1 Å². The van der Waals surface area contributed by atoms with E-state index in [-0.39, 0.29) is 36.8 Å². The van der Waals surface area contributed by atoms with Crippen molar-refractivity contribution in [2.45, 2.75) is 75.7 Å². The molecule has 3 atom stereocenters. The number of nitrogens with zero attached hydrogens (tertiary/aromatic N) is 2. The van der Waals surface area contributed by atoms with Crippen LogP contribution < -0.4 is 15.8 Å². The van der Waals surface area contributed by atoms with Crippen LogP contribution in [0.25, 0.3) is 0 Å². The maximum atomic E-state index is 13.3. The molecule has 0 aromatic heterocycles. The zero-order valence-corrected chi connectivity index (χ0v) is 25.5. The Morgan fingerprint density at radius 2 is 1.79 bits per heavy atom. The number of carbonyl (C=O) groups is 2. The lowest BCUT2D eigenvalue weighted by atomic mass is 10.1. The molecule has 0 spiro atoms. The van der Waals surface area contributed by atoms with E-state index in [4.69, 9.17) is 17.3 Å². The summed E-state index contributed by atoms with van der Waals surface area (Å²) in [5, 5.41) is 15.3. The van der Waals surface area contributed by atoms with E-state index in [1.807, 2.05) is 18.2 Å². The normalized spacial score (nSPS) is 19.2. The second kappa shape index (κ2) is 15.4. The van der Waals surface area contributed by atoms with Crippen molar-refractivity contribution in [2.75, 3.05) is 26.2 Å². The minimum absolute atomic E-state index is 0.0527. The first kappa shape index (κ1) is 32.5. The van der Waals surface area contributed by atoms with Crippen molar-refractivity contribution in [3.63, 3.8) is 0 Å². The predicted octanol–water partition coefficient (Wildman–Crippen LogP) is 2.13. The number of sulfonamides is 1. The summed E-state index contributed by atoms with van der Waals surface area (Å²) < 4.78 is 29.0. The molecule has 1 unspecified atom stereocenters. The number of carbonyl (C=O) groups excluding carboxylic acids is 2. The van der Waals surface area contributed by atoms with Crippen LogP contribution >= 0.6 is 11.6 Å². The van der Waals surface area contributed by atoms with Crippen LogP contribution in [0, 0.1) is 0 Å². The highest BCUT2D eigenvalue weighted by atomic mass is 35.5. The molecule has 2 saturated heterocycles. The number of Topliss-reactive ketones (excluding diaryl/α,β-unsaturated/α-hetero) is 1. The summed E-state index contributed by atoms with van der Waals surface area (Å²) in [5.74, 6) is -0.400. The van der Waals surface area contributed by atoms with E-state index < -0.39 is 28.3 Å². The molecule has 2 heterocycles. The van der Waals surface area contributed by atoms with Gasteiger partial charge < -0.3 is 21.1 Å². The number of ketones is 1. The van der Waals surface area contributed by atoms with Crippen molar-refractivity contribution in [1.82, 2.24) is 19.8 Å². The van der Waals surface area contributed by atoms with Gasteiger partial charge in [-0.3, -0.25) is 14.5 Å². The van der Waals surface area contributed by atoms with Gasteiger partial charge in [0.15, 0.2) is 5.78 Å². The van der Waals surface area contributed by atoms with Crippen molar-refractivity contribution >= 4 is 33.3 Å². The Balaban J connectivity index is 1.42. The highest BCUT2D eigenvalue weighted by molar-refractivity contribution is 7.88. The van der Waals surface area contributed by atoms with E-state index in [1.54, 1.807) is 40.1 Å². The Morgan fingerprint density at radius 1 is 1.05 bits per heavy atom. The summed E-state index contributed by atoms with van der Waals surface area (Å²) in [7, 11) is -3.85. The molecule has 0 bridgehead atoms. The van der Waals surface area contributed by atoms with Crippen LogP contribution in [0.2, 0.25) is 5.02 Å². The van der Waals surface area contributed by atoms with E-state index in [2.05, 4.69) is 10.0 Å². The monoisotopic (exact) mass is 619 g/mol. The molecule has 2 aliphatic heterocycles. The van der Waals surface area contributed by atoms with E-state index >= 15 is 0 Å². The summed E-state index contributed by atoms with van der Waals surface area (Å²) in [6.07, 6.45) is 2.11. The van der Waals surface area contributed by atoms with Crippen LogP contribution in [0.3, 0.4) is 0 Å². The van der Waals surface area contributed by atoms with Crippen molar-refractivity contribution in [3.8, 4) is 0 Å². The summed E-state index contributed by atoms with van der Waals surface area (Å²) in [5.41, 5.74) is 8.30. The molecule has 230 valence electrons. The molecule has 0 radical (unpaired) electrons. The van der Waals surface area contributed by atoms with Gasteiger partial charge in [-0.25, -0.2) is 13.1 Å². The smallest absolute Gasteiger partial charge is 0.222 e. The molecule has 2 aliphatic rings. The fraction of sp³-hybridized carbons (Fsp3) is 0.533. The Bertz CT molecular complexity index is 1310. The second-order valence-corrected chi connectivity index (χ2v) is 13.3. The number of hydrogen-bond acceptors (Lipinski definition) is 8. The summed E-state index contributed by atoms with van der Waals surface area (Å²) in [6, 6.07) is 12.7. The highest BCUT2D eigenvalue weighted by Gasteiger charge is 2.39. The minimum Gasteiger partial charge on any atom is -0.377 e. The van der Waals surface area contributed by atoms with Gasteiger partial charge in [-0.15, -0.1) is 0 Å². The summed E-state index contributed by atoms with van der Waals surface area (Å²) >= 11 is 6.13. The predicted molar refractivity (Wildman–Crippen MR) is 163 cm³/mol. The quantitative estimate of drug-likeness (QED) is 0.237. The number of nitrogens with two attached hydrogens (primary N) is 1. The number of aliphatic hydroxyl groups excluding tert-OH is 1. The highest BCUT2D eigenvalue weighted by Crippen LogP contribution is 2.24. The zero-order chi connectivity index (χ0) is 30.1. The molecule has 2 aromatic rings. The second-order valence-electron chi connectivity index (χ2n) is 11.1. The van der Waals surface area contributed by atoms with Gasteiger partial charge in [0.25, 0.3) is 0 Å². The molecule has 5 N–H and O–H groups in total. The lowest BCUT2D eigenvalue weighted by molar-refractivity contribution is -0.132. The minimum atomic E-state index is -3.85. The van der Waals surface area contributed by atoms with Crippen LogP contribution in [0.4, 0.5) is 0 Å². The van der Waals surface area contributed by atoms with Gasteiger partial charge in [-0.1, -0.05) is 48.0 Å². The SMILES string of the molecule is NCc1ccc(Cl)cc1CNCC(=O)[C@@H]1CCCN1C(O)[C@@H](CCC(=O)N1CCCC1)NS(=O)(=O)Cc1ccccc1. The zero-order valence-electron chi connectivity index (χ0n) is 23.9. The number of aliphatic hydroxyl groups is 1. The van der Waals surface area contributed by atoms with Crippen molar-refractivity contribution in [3.05, 3.63) is 70.2 Å². The van der Waals surface area contributed by atoms with Crippen LogP contribution in [0.5, 0.6) is 0 Å². The molecule has 0 aliphatic carbocycles. The Labute approximate surface area is 253 Å². The first-order valence-corrected chi connectivity index (χ1v) is 16.7. The number of halogens is 1. The average Bonchev–Trinajstić information content (AvgIpc) is 3.68. The molecule has 10 nitrogen and oxygen atoms in total. The fourth-order valence-electron chi connectivity index (χ4n) is 5.82. The van der Waals surface area contributed by atoms with Crippen molar-refractivity contribution in [2.24, 2.45) is 5.73 Å². The van der Waals surface area contributed by atoms with Crippen molar-refractivity contribution < 1.29 is 23.1 Å². The van der Waals surface area contributed by atoms with E-state index in [0.717, 1.165) is 24.0 Å². The van der Waals surface area contributed by atoms with E-state index in [1.165, 1.54) is 0 Å². The molecule has 0 saturated carbocycles. The first-order chi connectivity index (χ1) is 20.2. The standard InChI is InChI=1S/C30H42ClN5O5S/c31-25-11-10-23(18-32)24(17-25)19-33-20-28(37)27-9-6-16-36(27)30(39)26(12-13-29(38)35-14-4-5-15-35)34-42(40,41)21-22-7-2-1-3-8-22/h1-3,7-8,10-11,17,26-27,30,33-34,39H,4-6,9,12-16,18-21,32H2/t26-,27+,30?/m1/s1. The Hall–Kier alpha value is -2.38. The molecule has 4 rings (SSSR count). The molecular formula is C30H42ClN5O5S. The number of nitrogens with one attached hydrogen (secondary N) is 2. The first-order valence-electron chi connectivity index (χ1n) is 14.6. The number of likely N-dealkylation sites (tertiary alicyclic amines) is 2. The summed E-state index contributed by atoms with van der Waals surface area (Å²) in [4.78, 5) is 29.6. The fourth-order valence-corrected chi connectivity index (χ4v) is 7.43. The van der Waals surface area contributed by atoms with Gasteiger partial charge in [0.05, 0.1) is 24.4 Å². The molecule has 12 heteroatoms. The lowest BCUT2D eigenvalue weighted by Crippen LogP contribution is -2.55. The molecule has 2 fully saturated rings. The van der Waals surface area contributed by atoms with Gasteiger partial charge in [0.2, 0.25) is 15.9 Å². The third-order valence-electron chi connectivity index (χ3n) is 8.03. The maximum absolute atomic E-state index is 13.3. The van der Waals surface area contributed by atoms with Gasteiger partial charge in [-0.2, -0.15) is 0 Å². The Morgan fingerprint density at radius 3 is 2.50 bits per heavy atom. The summed E-state index contributed by atoms with van der Waals surface area (Å²) in [6.45, 7) is 2.68. The number of benzene rings is 2. The third kappa shape index (κ3) is 9.06. The number of rotatable bonds is 15. The maximum Gasteiger partial charge on any atom is 0.222 e. The number of hydrogen-bond donors (Lipinski definition) is 4.